The number of halogens is 2. The highest BCUT2D eigenvalue weighted by Crippen LogP contribution is 2.28. The Kier molecular flexibility index (Phi) is 6.34. The Morgan fingerprint density at radius 2 is 1.86 bits per heavy atom. The van der Waals surface area contributed by atoms with Gasteiger partial charge in [-0.1, -0.05) is 35.0 Å². The van der Waals surface area contributed by atoms with Crippen LogP contribution in [0.3, 0.4) is 0 Å². The number of Topliss-reactive ketones (excluding diaryl/α,β-unsaturated/α-hetero) is 1. The summed E-state index contributed by atoms with van der Waals surface area (Å²) in [7, 11) is 0. The molecule has 2 amide bonds. The van der Waals surface area contributed by atoms with Gasteiger partial charge in [0.2, 0.25) is 0 Å². The number of carbonyl (C=O) groups is 2. The van der Waals surface area contributed by atoms with Crippen molar-refractivity contribution in [1.29, 1.82) is 0 Å². The summed E-state index contributed by atoms with van der Waals surface area (Å²) >= 11 is 12.1. The molecule has 0 spiro atoms. The van der Waals surface area contributed by atoms with Crippen LogP contribution in [0.5, 0.6) is 0 Å². The van der Waals surface area contributed by atoms with Crippen molar-refractivity contribution in [2.45, 2.75) is 31.8 Å². The largest absolute Gasteiger partial charge is 0.370 e. The second-order valence-electron chi connectivity index (χ2n) is 8.02. The van der Waals surface area contributed by atoms with Crippen molar-refractivity contribution in [2.75, 3.05) is 32.8 Å². The maximum absolute atomic E-state index is 12.9. The van der Waals surface area contributed by atoms with E-state index in [1.165, 1.54) is 0 Å². The van der Waals surface area contributed by atoms with E-state index in [2.05, 4.69) is 11.8 Å². The zero-order valence-corrected chi connectivity index (χ0v) is 17.7. The molecule has 154 valence electrons. The number of likely N-dealkylation sites (tertiary alicyclic amines) is 2. The zero-order valence-electron chi connectivity index (χ0n) is 16.2. The molecule has 2 atom stereocenters. The van der Waals surface area contributed by atoms with Gasteiger partial charge in [-0.15, -0.1) is 0 Å². The molecule has 0 radical (unpaired) electrons. The minimum atomic E-state index is 0.0774. The summed E-state index contributed by atoms with van der Waals surface area (Å²) in [5.41, 5.74) is 0.779. The van der Waals surface area contributed by atoms with E-state index in [4.69, 9.17) is 27.9 Å². The summed E-state index contributed by atoms with van der Waals surface area (Å²) in [6.07, 6.45) is 3.17. The topological polar surface area (TPSA) is 49.9 Å². The SMILES string of the molecule is O=C1CO[C@H]2CCN(C(=O)N3CCC(C#Cc4ccc(Cl)cc4Cl)CC3)C[C@H]2C1. The number of amides is 2. The quantitative estimate of drug-likeness (QED) is 0.582. The fourth-order valence-corrected chi connectivity index (χ4v) is 4.79. The summed E-state index contributed by atoms with van der Waals surface area (Å²) in [5, 5.41) is 1.16. The number of fused-ring (bicyclic) bond motifs is 1. The molecule has 0 bridgehead atoms. The number of piperidine rings is 2. The molecule has 0 N–H and O–H groups in total. The lowest BCUT2D eigenvalue weighted by molar-refractivity contribution is -0.139. The molecule has 5 nitrogen and oxygen atoms in total. The molecule has 1 aromatic rings. The molecule has 4 rings (SSSR count). The smallest absolute Gasteiger partial charge is 0.320 e. The summed E-state index contributed by atoms with van der Waals surface area (Å²) in [4.78, 5) is 28.4. The first kappa shape index (κ1) is 20.5. The summed E-state index contributed by atoms with van der Waals surface area (Å²) < 4.78 is 5.63. The molecule has 3 fully saturated rings. The van der Waals surface area contributed by atoms with Crippen LogP contribution in [0.4, 0.5) is 4.79 Å². The first-order chi connectivity index (χ1) is 14.0. The van der Waals surface area contributed by atoms with Crippen LogP contribution >= 0.6 is 23.2 Å². The predicted octanol–water partition coefficient (Wildman–Crippen LogP) is 3.86. The summed E-state index contributed by atoms with van der Waals surface area (Å²) in [6, 6.07) is 5.39. The number of ketones is 1. The van der Waals surface area contributed by atoms with Crippen LogP contribution in [0.25, 0.3) is 0 Å². The molecule has 29 heavy (non-hydrogen) atoms. The molecule has 3 saturated heterocycles. The number of ether oxygens (including phenoxy) is 1. The van der Waals surface area contributed by atoms with Crippen molar-refractivity contribution in [3.8, 4) is 11.8 Å². The van der Waals surface area contributed by atoms with Crippen LogP contribution < -0.4 is 0 Å². The van der Waals surface area contributed by atoms with Crippen molar-refractivity contribution >= 4 is 35.0 Å². The third kappa shape index (κ3) is 4.88. The molecule has 0 saturated carbocycles. The third-order valence-electron chi connectivity index (χ3n) is 5.99. The lowest BCUT2D eigenvalue weighted by atomic mass is 9.88. The van der Waals surface area contributed by atoms with E-state index in [1.807, 2.05) is 15.9 Å². The molecule has 0 aromatic heterocycles. The van der Waals surface area contributed by atoms with Crippen molar-refractivity contribution in [3.05, 3.63) is 33.8 Å². The maximum atomic E-state index is 12.9. The van der Waals surface area contributed by atoms with E-state index < -0.39 is 0 Å². The van der Waals surface area contributed by atoms with Gasteiger partial charge in [-0.2, -0.15) is 0 Å². The monoisotopic (exact) mass is 434 g/mol. The van der Waals surface area contributed by atoms with E-state index in [0.29, 0.717) is 42.6 Å². The highest BCUT2D eigenvalue weighted by molar-refractivity contribution is 6.35. The number of hydrogen-bond acceptors (Lipinski definition) is 3. The van der Waals surface area contributed by atoms with E-state index in [1.54, 1.807) is 12.1 Å². The number of rotatable bonds is 0. The van der Waals surface area contributed by atoms with Crippen molar-refractivity contribution in [2.24, 2.45) is 11.8 Å². The lowest BCUT2D eigenvalue weighted by Crippen LogP contribution is -2.54. The average Bonchev–Trinajstić information content (AvgIpc) is 2.72. The fourth-order valence-electron chi connectivity index (χ4n) is 4.34. The zero-order chi connectivity index (χ0) is 20.4. The predicted molar refractivity (Wildman–Crippen MR) is 112 cm³/mol. The van der Waals surface area contributed by atoms with Crippen LogP contribution in [0, 0.1) is 23.7 Å². The van der Waals surface area contributed by atoms with Gasteiger partial charge < -0.3 is 14.5 Å². The number of hydrogen-bond donors (Lipinski definition) is 0. The third-order valence-corrected chi connectivity index (χ3v) is 6.54. The maximum Gasteiger partial charge on any atom is 0.320 e. The lowest BCUT2D eigenvalue weighted by Gasteiger charge is -2.42. The first-order valence-corrected chi connectivity index (χ1v) is 10.9. The molecule has 0 unspecified atom stereocenters. The highest BCUT2D eigenvalue weighted by Gasteiger charge is 2.38. The second kappa shape index (κ2) is 8.95. The summed E-state index contributed by atoms with van der Waals surface area (Å²) in [6.45, 7) is 2.94. The molecule has 3 heterocycles. The number of urea groups is 1. The van der Waals surface area contributed by atoms with Gasteiger partial charge in [0.15, 0.2) is 5.78 Å². The Hall–Kier alpha value is -1.74. The van der Waals surface area contributed by atoms with Gasteiger partial charge in [0.1, 0.15) is 6.61 Å². The minimum absolute atomic E-state index is 0.0774. The van der Waals surface area contributed by atoms with Crippen molar-refractivity contribution in [1.82, 2.24) is 9.80 Å². The van der Waals surface area contributed by atoms with Crippen LogP contribution in [0.15, 0.2) is 18.2 Å². The summed E-state index contributed by atoms with van der Waals surface area (Å²) in [5.74, 6) is 6.98. The Balaban J connectivity index is 1.30. The van der Waals surface area contributed by atoms with Crippen LogP contribution in [-0.4, -0.2) is 60.5 Å². The molecular formula is C22H24Cl2N2O3. The molecular weight excluding hydrogens is 411 g/mol. The Morgan fingerprint density at radius 3 is 2.62 bits per heavy atom. The van der Waals surface area contributed by atoms with Crippen LogP contribution in [0.2, 0.25) is 10.0 Å². The standard InChI is InChI=1S/C22H24Cl2N2O3/c23-18-4-3-16(20(24)12-18)2-1-15-5-8-25(9-6-15)22(28)26-10-7-21-17(13-26)11-19(27)14-29-21/h3-4,12,15,17,21H,5-11,13-14H2/t17-,21+/m1/s1. The average molecular weight is 435 g/mol. The van der Waals surface area contributed by atoms with E-state index >= 15 is 0 Å². The Labute approximate surface area is 181 Å². The Bertz CT molecular complexity index is 855. The minimum Gasteiger partial charge on any atom is -0.370 e. The molecule has 3 aliphatic heterocycles. The normalized spacial score (nSPS) is 25.2. The molecule has 3 aliphatic rings. The first-order valence-electron chi connectivity index (χ1n) is 10.1. The van der Waals surface area contributed by atoms with Gasteiger partial charge >= 0.3 is 6.03 Å². The van der Waals surface area contributed by atoms with Crippen LogP contribution in [-0.2, 0) is 9.53 Å². The number of benzene rings is 1. The Morgan fingerprint density at radius 1 is 1.10 bits per heavy atom. The van der Waals surface area contributed by atoms with E-state index in [9.17, 15) is 9.59 Å². The number of carbonyl (C=O) groups excluding carboxylic acids is 2. The molecule has 7 heteroatoms. The molecule has 0 aliphatic carbocycles. The van der Waals surface area contributed by atoms with Gasteiger partial charge in [0.25, 0.3) is 0 Å². The fraction of sp³-hybridized carbons (Fsp3) is 0.545. The van der Waals surface area contributed by atoms with Gasteiger partial charge in [-0.3, -0.25) is 4.79 Å². The van der Waals surface area contributed by atoms with Gasteiger partial charge in [-0.25, -0.2) is 4.79 Å². The highest BCUT2D eigenvalue weighted by atomic mass is 35.5. The van der Waals surface area contributed by atoms with Crippen molar-refractivity contribution < 1.29 is 14.3 Å². The number of nitrogens with zero attached hydrogens (tertiary/aromatic N) is 2. The van der Waals surface area contributed by atoms with Gasteiger partial charge in [-0.05, 0) is 37.5 Å². The van der Waals surface area contributed by atoms with Gasteiger partial charge in [0.05, 0.1) is 11.1 Å². The van der Waals surface area contributed by atoms with Crippen LogP contribution in [0.1, 0.15) is 31.2 Å². The van der Waals surface area contributed by atoms with E-state index in [0.717, 1.165) is 24.8 Å². The van der Waals surface area contributed by atoms with Crippen molar-refractivity contribution in [3.63, 3.8) is 0 Å². The second-order valence-corrected chi connectivity index (χ2v) is 8.87. The molecule has 1 aromatic carbocycles. The van der Waals surface area contributed by atoms with E-state index in [-0.39, 0.29) is 36.4 Å². The van der Waals surface area contributed by atoms with Gasteiger partial charge in [0, 0.05) is 55.0 Å².